The van der Waals surface area contributed by atoms with Crippen molar-refractivity contribution in [3.8, 4) is 0 Å². The molecule has 1 heterocycles. The topological polar surface area (TPSA) is 92.8 Å². The quantitative estimate of drug-likeness (QED) is 0.762. The third-order valence-electron chi connectivity index (χ3n) is 2.88. The Morgan fingerprint density at radius 2 is 1.81 bits per heavy atom. The molecule has 1 aliphatic heterocycles. The molecular weight excluding hydrogens is 323 g/mol. The second-order valence-corrected chi connectivity index (χ2v) is 8.20. The number of nitrogens with one attached hydrogen (secondary N) is 1. The molecule has 0 bridgehead atoms. The number of rotatable bonds is 4. The van der Waals surface area contributed by atoms with E-state index in [0.717, 1.165) is 24.5 Å². The molecule has 0 unspecified atom stereocenters. The number of hydrazine groups is 1. The van der Waals surface area contributed by atoms with Gasteiger partial charge in [0.05, 0.1) is 18.1 Å². The molecular formula is C11H15FN2O5S2. The van der Waals surface area contributed by atoms with Crippen molar-refractivity contribution < 1.29 is 26.0 Å². The number of sulfonamides is 1. The second-order valence-electron chi connectivity index (χ2n) is 4.56. The molecule has 1 aromatic rings. The standard InChI is InChI=1S/C11H15FN2O5S2/c1-20(15,16)9-2-3-10(12)11(8-9)21(17,18)13-14-4-6-19-7-5-14/h2-3,8,13H,4-7H2,1H3. The van der Waals surface area contributed by atoms with E-state index in [0.29, 0.717) is 26.3 Å². The molecule has 0 radical (unpaired) electrons. The van der Waals surface area contributed by atoms with Gasteiger partial charge in [0.2, 0.25) is 0 Å². The monoisotopic (exact) mass is 338 g/mol. The molecule has 0 aliphatic carbocycles. The molecule has 1 aliphatic rings. The molecule has 2 rings (SSSR count). The summed E-state index contributed by atoms with van der Waals surface area (Å²) in [5.41, 5.74) is 0. The number of benzene rings is 1. The molecule has 1 N–H and O–H groups in total. The van der Waals surface area contributed by atoms with Gasteiger partial charge in [-0.15, -0.1) is 4.83 Å². The van der Waals surface area contributed by atoms with Gasteiger partial charge in [-0.3, -0.25) is 0 Å². The Kier molecular flexibility index (Phi) is 4.63. The van der Waals surface area contributed by atoms with E-state index in [1.807, 2.05) is 0 Å². The van der Waals surface area contributed by atoms with Gasteiger partial charge in [0, 0.05) is 19.3 Å². The van der Waals surface area contributed by atoms with Crippen molar-refractivity contribution in [3.63, 3.8) is 0 Å². The molecule has 1 aromatic carbocycles. The smallest absolute Gasteiger partial charge is 0.256 e. The summed E-state index contributed by atoms with van der Waals surface area (Å²) in [6.07, 6.45) is 0.923. The van der Waals surface area contributed by atoms with Crippen LogP contribution >= 0.6 is 0 Å². The van der Waals surface area contributed by atoms with Gasteiger partial charge in [0.25, 0.3) is 10.0 Å². The van der Waals surface area contributed by atoms with Crippen LogP contribution in [0.15, 0.2) is 28.0 Å². The largest absolute Gasteiger partial charge is 0.379 e. The number of nitrogens with zero attached hydrogens (tertiary/aromatic N) is 1. The van der Waals surface area contributed by atoms with E-state index in [-0.39, 0.29) is 4.90 Å². The molecule has 0 saturated carbocycles. The molecule has 0 aromatic heterocycles. The number of morpholine rings is 1. The fourth-order valence-electron chi connectivity index (χ4n) is 1.79. The summed E-state index contributed by atoms with van der Waals surface area (Å²) in [5, 5.41) is 1.38. The van der Waals surface area contributed by atoms with Crippen molar-refractivity contribution >= 4 is 19.9 Å². The number of hydrogen-bond acceptors (Lipinski definition) is 6. The van der Waals surface area contributed by atoms with Gasteiger partial charge >= 0.3 is 0 Å². The molecule has 7 nitrogen and oxygen atoms in total. The van der Waals surface area contributed by atoms with Gasteiger partial charge in [0.15, 0.2) is 9.84 Å². The molecule has 1 fully saturated rings. The molecule has 118 valence electrons. The first-order valence-electron chi connectivity index (χ1n) is 6.05. The number of sulfone groups is 1. The summed E-state index contributed by atoms with van der Waals surface area (Å²) >= 11 is 0. The van der Waals surface area contributed by atoms with Gasteiger partial charge < -0.3 is 4.74 Å². The lowest BCUT2D eigenvalue weighted by Gasteiger charge is -2.26. The normalized spacial score (nSPS) is 17.8. The van der Waals surface area contributed by atoms with Crippen molar-refractivity contribution in [1.82, 2.24) is 9.84 Å². The maximum atomic E-state index is 13.8. The first-order valence-corrected chi connectivity index (χ1v) is 9.42. The number of halogens is 1. The van der Waals surface area contributed by atoms with Crippen LogP contribution in [0.4, 0.5) is 4.39 Å². The van der Waals surface area contributed by atoms with E-state index in [2.05, 4.69) is 4.83 Å². The van der Waals surface area contributed by atoms with Crippen LogP contribution in [-0.2, 0) is 24.6 Å². The number of ether oxygens (including phenoxy) is 1. The molecule has 1 saturated heterocycles. The molecule has 21 heavy (non-hydrogen) atoms. The minimum atomic E-state index is -4.19. The Labute approximate surface area is 122 Å². The molecule has 0 amide bonds. The van der Waals surface area contributed by atoms with Crippen molar-refractivity contribution in [2.75, 3.05) is 32.6 Å². The van der Waals surface area contributed by atoms with Crippen LogP contribution in [-0.4, -0.2) is 54.4 Å². The van der Waals surface area contributed by atoms with E-state index < -0.39 is 30.6 Å². The van der Waals surface area contributed by atoms with Crippen molar-refractivity contribution in [1.29, 1.82) is 0 Å². The van der Waals surface area contributed by atoms with E-state index in [4.69, 9.17) is 4.74 Å². The average Bonchev–Trinajstić information content (AvgIpc) is 2.38. The van der Waals surface area contributed by atoms with Crippen molar-refractivity contribution in [2.45, 2.75) is 9.79 Å². The van der Waals surface area contributed by atoms with Crippen LogP contribution in [0.3, 0.4) is 0 Å². The van der Waals surface area contributed by atoms with Gasteiger partial charge in [-0.25, -0.2) is 26.2 Å². The fourth-order valence-corrected chi connectivity index (χ4v) is 3.74. The predicted molar refractivity (Wildman–Crippen MR) is 72.2 cm³/mol. The van der Waals surface area contributed by atoms with Crippen LogP contribution in [0.2, 0.25) is 0 Å². The highest BCUT2D eigenvalue weighted by Gasteiger charge is 2.25. The fraction of sp³-hybridized carbons (Fsp3) is 0.455. The van der Waals surface area contributed by atoms with Crippen LogP contribution in [0, 0.1) is 5.82 Å². The Morgan fingerprint density at radius 1 is 1.19 bits per heavy atom. The summed E-state index contributed by atoms with van der Waals surface area (Å²) in [5.74, 6) is -1.01. The lowest BCUT2D eigenvalue weighted by atomic mass is 10.3. The van der Waals surface area contributed by atoms with Gasteiger partial charge in [-0.1, -0.05) is 0 Å². The van der Waals surface area contributed by atoms with Crippen LogP contribution in [0.1, 0.15) is 0 Å². The van der Waals surface area contributed by atoms with E-state index >= 15 is 0 Å². The Balaban J connectivity index is 2.34. The highest BCUT2D eigenvalue weighted by molar-refractivity contribution is 7.91. The maximum absolute atomic E-state index is 13.8. The average molecular weight is 338 g/mol. The third kappa shape index (κ3) is 3.98. The minimum absolute atomic E-state index is 0.258. The van der Waals surface area contributed by atoms with E-state index in [9.17, 15) is 21.2 Å². The zero-order chi connectivity index (χ0) is 15.7. The van der Waals surface area contributed by atoms with Gasteiger partial charge in [-0.05, 0) is 18.2 Å². The first kappa shape index (κ1) is 16.3. The zero-order valence-electron chi connectivity index (χ0n) is 11.2. The van der Waals surface area contributed by atoms with E-state index in [1.165, 1.54) is 5.01 Å². The van der Waals surface area contributed by atoms with E-state index in [1.54, 1.807) is 0 Å². The highest BCUT2D eigenvalue weighted by atomic mass is 32.2. The third-order valence-corrected chi connectivity index (χ3v) is 5.38. The first-order chi connectivity index (χ1) is 9.70. The van der Waals surface area contributed by atoms with Crippen LogP contribution < -0.4 is 4.83 Å². The molecule has 0 atom stereocenters. The van der Waals surface area contributed by atoms with Crippen molar-refractivity contribution in [3.05, 3.63) is 24.0 Å². The summed E-state index contributed by atoms with van der Waals surface area (Å²) in [4.78, 5) is 1.27. The summed E-state index contributed by atoms with van der Waals surface area (Å²) in [6, 6.07) is 2.66. The Morgan fingerprint density at radius 3 is 2.38 bits per heavy atom. The summed E-state index contributed by atoms with van der Waals surface area (Å²) in [7, 11) is -7.82. The van der Waals surface area contributed by atoms with Crippen molar-refractivity contribution in [2.24, 2.45) is 0 Å². The minimum Gasteiger partial charge on any atom is -0.379 e. The predicted octanol–water partition coefficient (Wildman–Crippen LogP) is -0.245. The van der Waals surface area contributed by atoms with Crippen LogP contribution in [0.5, 0.6) is 0 Å². The lowest BCUT2D eigenvalue weighted by Crippen LogP contribution is -2.48. The van der Waals surface area contributed by atoms with Crippen LogP contribution in [0.25, 0.3) is 0 Å². The van der Waals surface area contributed by atoms with Gasteiger partial charge in [0.1, 0.15) is 10.7 Å². The Bertz CT molecular complexity index is 727. The zero-order valence-corrected chi connectivity index (χ0v) is 12.9. The second kappa shape index (κ2) is 5.97. The Hall–Kier alpha value is -1.07. The molecule has 10 heteroatoms. The molecule has 0 spiro atoms. The maximum Gasteiger partial charge on any atom is 0.256 e. The summed E-state index contributed by atoms with van der Waals surface area (Å²) in [6.45, 7) is 1.36. The SMILES string of the molecule is CS(=O)(=O)c1ccc(F)c(S(=O)(=O)NN2CCOCC2)c1. The number of hydrogen-bond donors (Lipinski definition) is 1. The highest BCUT2D eigenvalue weighted by Crippen LogP contribution is 2.19. The van der Waals surface area contributed by atoms with Gasteiger partial charge in [-0.2, -0.15) is 0 Å². The lowest BCUT2D eigenvalue weighted by molar-refractivity contribution is 0.0272. The summed E-state index contributed by atoms with van der Waals surface area (Å²) < 4.78 is 66.1.